The van der Waals surface area contributed by atoms with Gasteiger partial charge in [0.15, 0.2) is 0 Å². The first-order valence-corrected chi connectivity index (χ1v) is 6.14. The Kier molecular flexibility index (Phi) is 4.09. The molecule has 2 rings (SSSR count). The summed E-state index contributed by atoms with van der Waals surface area (Å²) in [6, 6.07) is 5.24. The van der Waals surface area contributed by atoms with E-state index in [1.54, 1.807) is 24.3 Å². The van der Waals surface area contributed by atoms with Crippen LogP contribution in [0.5, 0.6) is 5.75 Å². The summed E-state index contributed by atoms with van der Waals surface area (Å²) < 4.78 is 5.11. The minimum atomic E-state index is -1.13. The zero-order valence-electron chi connectivity index (χ0n) is 10.9. The SMILES string of the molecule is COc1ccccc1NC(=O)N1CC(O)C[C@H]1C(=O)O. The second-order valence-electron chi connectivity index (χ2n) is 4.53. The van der Waals surface area contributed by atoms with Gasteiger partial charge in [-0.05, 0) is 12.1 Å². The minimum absolute atomic E-state index is 0.00203. The van der Waals surface area contributed by atoms with Crippen LogP contribution in [0.15, 0.2) is 24.3 Å². The van der Waals surface area contributed by atoms with Crippen LogP contribution in [-0.2, 0) is 4.79 Å². The number of rotatable bonds is 3. The first-order chi connectivity index (χ1) is 9.52. The van der Waals surface area contributed by atoms with E-state index >= 15 is 0 Å². The molecular formula is C13H16N2O5. The number of nitrogens with zero attached hydrogens (tertiary/aromatic N) is 1. The number of aliphatic carboxylic acids is 1. The first-order valence-electron chi connectivity index (χ1n) is 6.14. The Hall–Kier alpha value is -2.28. The van der Waals surface area contributed by atoms with Crippen LogP contribution in [0, 0.1) is 0 Å². The maximum absolute atomic E-state index is 12.1. The highest BCUT2D eigenvalue weighted by Gasteiger charge is 2.39. The largest absolute Gasteiger partial charge is 0.495 e. The van der Waals surface area contributed by atoms with E-state index in [2.05, 4.69) is 5.32 Å². The fourth-order valence-electron chi connectivity index (χ4n) is 2.21. The van der Waals surface area contributed by atoms with E-state index in [1.807, 2.05) is 0 Å². The van der Waals surface area contributed by atoms with Crippen molar-refractivity contribution >= 4 is 17.7 Å². The van der Waals surface area contributed by atoms with Crippen molar-refractivity contribution in [2.75, 3.05) is 19.0 Å². The van der Waals surface area contributed by atoms with Crippen LogP contribution in [-0.4, -0.2) is 52.9 Å². The smallest absolute Gasteiger partial charge is 0.326 e. The molecule has 7 nitrogen and oxygen atoms in total. The van der Waals surface area contributed by atoms with Gasteiger partial charge in [-0.15, -0.1) is 0 Å². The molecule has 108 valence electrons. The predicted molar refractivity (Wildman–Crippen MR) is 70.8 cm³/mol. The number of aliphatic hydroxyl groups is 1. The molecule has 2 amide bonds. The van der Waals surface area contributed by atoms with Crippen LogP contribution < -0.4 is 10.1 Å². The molecule has 2 atom stereocenters. The Bertz CT molecular complexity index is 519. The molecule has 7 heteroatoms. The number of likely N-dealkylation sites (tertiary alicyclic amines) is 1. The number of methoxy groups -OCH3 is 1. The Balaban J connectivity index is 2.13. The van der Waals surface area contributed by atoms with Gasteiger partial charge in [0, 0.05) is 13.0 Å². The predicted octanol–water partition coefficient (Wildman–Crippen LogP) is 0.747. The van der Waals surface area contributed by atoms with Crippen molar-refractivity contribution in [2.24, 2.45) is 0 Å². The highest BCUT2D eigenvalue weighted by Crippen LogP contribution is 2.25. The minimum Gasteiger partial charge on any atom is -0.495 e. The number of ether oxygens (including phenoxy) is 1. The number of carbonyl (C=O) groups excluding carboxylic acids is 1. The third-order valence-corrected chi connectivity index (χ3v) is 3.17. The standard InChI is InChI=1S/C13H16N2O5/c1-20-11-5-3-2-4-9(11)14-13(19)15-7-8(16)6-10(15)12(17)18/h2-5,8,10,16H,6-7H2,1H3,(H,14,19)(H,17,18)/t8?,10-/m0/s1. The molecule has 0 aliphatic carbocycles. The van der Waals surface area contributed by atoms with E-state index < -0.39 is 24.1 Å². The molecule has 1 heterocycles. The van der Waals surface area contributed by atoms with Gasteiger partial charge in [0.1, 0.15) is 11.8 Å². The second kappa shape index (κ2) is 5.79. The molecule has 1 aliphatic heterocycles. The number of hydrogen-bond acceptors (Lipinski definition) is 4. The summed E-state index contributed by atoms with van der Waals surface area (Å²) in [6.45, 7) is -0.00203. The van der Waals surface area contributed by atoms with E-state index in [-0.39, 0.29) is 13.0 Å². The lowest BCUT2D eigenvalue weighted by molar-refractivity contribution is -0.141. The van der Waals surface area contributed by atoms with Gasteiger partial charge in [0.05, 0.1) is 18.9 Å². The van der Waals surface area contributed by atoms with Crippen LogP contribution in [0.4, 0.5) is 10.5 Å². The van der Waals surface area contributed by atoms with Crippen molar-refractivity contribution in [2.45, 2.75) is 18.6 Å². The van der Waals surface area contributed by atoms with Crippen molar-refractivity contribution in [3.05, 3.63) is 24.3 Å². The molecule has 0 bridgehead atoms. The normalized spacial score (nSPS) is 21.6. The van der Waals surface area contributed by atoms with Crippen LogP contribution in [0.1, 0.15) is 6.42 Å². The lowest BCUT2D eigenvalue weighted by Crippen LogP contribution is -2.43. The maximum Gasteiger partial charge on any atom is 0.326 e. The van der Waals surface area contributed by atoms with E-state index in [1.165, 1.54) is 7.11 Å². The third kappa shape index (κ3) is 2.83. The average molecular weight is 280 g/mol. The van der Waals surface area contributed by atoms with Crippen molar-refractivity contribution < 1.29 is 24.5 Å². The van der Waals surface area contributed by atoms with E-state index in [9.17, 15) is 14.7 Å². The zero-order chi connectivity index (χ0) is 14.7. The van der Waals surface area contributed by atoms with E-state index in [0.29, 0.717) is 11.4 Å². The second-order valence-corrected chi connectivity index (χ2v) is 4.53. The van der Waals surface area contributed by atoms with Crippen molar-refractivity contribution in [1.29, 1.82) is 0 Å². The van der Waals surface area contributed by atoms with Gasteiger partial charge in [-0.25, -0.2) is 9.59 Å². The van der Waals surface area contributed by atoms with Crippen LogP contribution in [0.25, 0.3) is 0 Å². The Morgan fingerprint density at radius 2 is 2.10 bits per heavy atom. The van der Waals surface area contributed by atoms with Crippen LogP contribution in [0.3, 0.4) is 0 Å². The Labute approximate surface area is 115 Å². The van der Waals surface area contributed by atoms with Gasteiger partial charge in [-0.2, -0.15) is 0 Å². The number of β-amino-alcohol motifs (C(OH)–C–C–N with tert-alkyl or cyclic N) is 1. The number of anilines is 1. The van der Waals surface area contributed by atoms with Gasteiger partial charge in [0.2, 0.25) is 0 Å². The van der Waals surface area contributed by atoms with Gasteiger partial charge in [0.25, 0.3) is 0 Å². The van der Waals surface area contributed by atoms with Crippen LogP contribution >= 0.6 is 0 Å². The topological polar surface area (TPSA) is 99.1 Å². The number of carbonyl (C=O) groups is 2. The van der Waals surface area contributed by atoms with Gasteiger partial charge < -0.3 is 25.2 Å². The number of benzene rings is 1. The van der Waals surface area contributed by atoms with Gasteiger partial charge in [-0.1, -0.05) is 12.1 Å². The zero-order valence-corrected chi connectivity index (χ0v) is 10.9. The van der Waals surface area contributed by atoms with Gasteiger partial charge >= 0.3 is 12.0 Å². The number of carboxylic acids is 1. The average Bonchev–Trinajstić information content (AvgIpc) is 2.82. The molecule has 1 aromatic rings. The Morgan fingerprint density at radius 1 is 1.40 bits per heavy atom. The summed E-state index contributed by atoms with van der Waals surface area (Å²) in [5, 5.41) is 21.2. The number of urea groups is 1. The third-order valence-electron chi connectivity index (χ3n) is 3.17. The molecule has 1 saturated heterocycles. The molecule has 0 aromatic heterocycles. The lowest BCUT2D eigenvalue weighted by Gasteiger charge is -2.22. The summed E-state index contributed by atoms with van der Waals surface area (Å²) in [4.78, 5) is 24.3. The quantitative estimate of drug-likeness (QED) is 0.758. The Morgan fingerprint density at radius 3 is 2.75 bits per heavy atom. The maximum atomic E-state index is 12.1. The summed E-state index contributed by atoms with van der Waals surface area (Å²) in [6.07, 6.45) is -0.784. The number of amides is 2. The molecule has 0 saturated carbocycles. The lowest BCUT2D eigenvalue weighted by atomic mass is 10.2. The van der Waals surface area contributed by atoms with E-state index in [4.69, 9.17) is 9.84 Å². The summed E-state index contributed by atoms with van der Waals surface area (Å²) in [7, 11) is 1.48. The number of para-hydroxylation sites is 2. The first kappa shape index (κ1) is 14.1. The van der Waals surface area contributed by atoms with Crippen LogP contribution in [0.2, 0.25) is 0 Å². The monoisotopic (exact) mass is 280 g/mol. The summed E-state index contributed by atoms with van der Waals surface area (Å²) >= 11 is 0. The molecule has 1 aliphatic rings. The van der Waals surface area contributed by atoms with E-state index in [0.717, 1.165) is 4.90 Å². The summed E-state index contributed by atoms with van der Waals surface area (Å²) in [5.74, 6) is -0.649. The van der Waals surface area contributed by atoms with Crippen molar-refractivity contribution in [1.82, 2.24) is 4.90 Å². The fourth-order valence-corrected chi connectivity index (χ4v) is 2.21. The molecule has 1 fully saturated rings. The highest BCUT2D eigenvalue weighted by molar-refractivity contribution is 5.94. The number of carboxylic acid groups (broad SMARTS) is 1. The molecule has 20 heavy (non-hydrogen) atoms. The molecular weight excluding hydrogens is 264 g/mol. The highest BCUT2D eigenvalue weighted by atomic mass is 16.5. The molecule has 1 aromatic carbocycles. The molecule has 1 unspecified atom stereocenters. The number of aliphatic hydroxyl groups excluding tert-OH is 1. The summed E-state index contributed by atoms with van der Waals surface area (Å²) in [5.41, 5.74) is 0.450. The van der Waals surface area contributed by atoms with Gasteiger partial charge in [-0.3, -0.25) is 0 Å². The number of hydrogen-bond donors (Lipinski definition) is 3. The fraction of sp³-hybridized carbons (Fsp3) is 0.385. The van der Waals surface area contributed by atoms with Crippen molar-refractivity contribution in [3.63, 3.8) is 0 Å². The molecule has 3 N–H and O–H groups in total. The number of nitrogens with one attached hydrogen (secondary N) is 1. The molecule has 0 radical (unpaired) electrons. The molecule has 0 spiro atoms. The van der Waals surface area contributed by atoms with Crippen molar-refractivity contribution in [3.8, 4) is 5.75 Å².